The molecule has 0 aromatic carbocycles. The van der Waals surface area contributed by atoms with Gasteiger partial charge in [0.25, 0.3) is 0 Å². The van der Waals surface area contributed by atoms with Gasteiger partial charge in [0.05, 0.1) is 11.8 Å². The topological polar surface area (TPSA) is 43.4 Å². The first-order valence-corrected chi connectivity index (χ1v) is 5.21. The molecule has 2 unspecified atom stereocenters. The first-order chi connectivity index (χ1) is 6.77. The molecule has 6 atom stereocenters. The second-order valence-corrected chi connectivity index (χ2v) is 4.89. The molecule has 3 heteroatoms. The molecule has 72 valence electrons. The lowest BCUT2D eigenvalue weighted by atomic mass is 9.63. The smallest absolute Gasteiger partial charge is 0.318 e. The Kier molecular flexibility index (Phi) is 1.00. The SMILES string of the molecule is O=C1OC(=O)[C@H]2C3C=CC([C@H]4C[C@@H]34)[C@@H]12. The van der Waals surface area contributed by atoms with Crippen LogP contribution >= 0.6 is 0 Å². The maximum atomic E-state index is 11.5. The van der Waals surface area contributed by atoms with E-state index in [-0.39, 0.29) is 23.8 Å². The van der Waals surface area contributed by atoms with Crippen molar-refractivity contribution in [1.29, 1.82) is 0 Å². The molecule has 5 aliphatic rings. The molecule has 1 aliphatic heterocycles. The fourth-order valence-electron chi connectivity index (χ4n) is 3.76. The number of carbonyl (C=O) groups is 2. The minimum absolute atomic E-state index is 0.138. The maximum absolute atomic E-state index is 11.5. The van der Waals surface area contributed by atoms with E-state index in [1.54, 1.807) is 0 Å². The molecule has 14 heavy (non-hydrogen) atoms. The lowest BCUT2D eigenvalue weighted by molar-refractivity contribution is -0.154. The average Bonchev–Trinajstić information content (AvgIpc) is 2.92. The fraction of sp³-hybridized carbons (Fsp3) is 0.636. The summed E-state index contributed by atoms with van der Waals surface area (Å²) < 4.78 is 4.74. The highest BCUT2D eigenvalue weighted by Crippen LogP contribution is 2.65. The first-order valence-electron chi connectivity index (χ1n) is 5.21. The van der Waals surface area contributed by atoms with Crippen LogP contribution in [0.5, 0.6) is 0 Å². The van der Waals surface area contributed by atoms with Gasteiger partial charge in [-0.25, -0.2) is 0 Å². The normalized spacial score (nSPS) is 56.9. The number of carbonyl (C=O) groups excluding carboxylic acids is 2. The summed E-state index contributed by atoms with van der Waals surface area (Å²) in [6.45, 7) is 0. The van der Waals surface area contributed by atoms with Gasteiger partial charge in [0.2, 0.25) is 0 Å². The largest absolute Gasteiger partial charge is 0.393 e. The summed E-state index contributed by atoms with van der Waals surface area (Å²) in [5.41, 5.74) is 0. The molecule has 3 fully saturated rings. The van der Waals surface area contributed by atoms with Gasteiger partial charge in [-0.3, -0.25) is 9.59 Å². The van der Waals surface area contributed by atoms with E-state index in [2.05, 4.69) is 12.2 Å². The molecule has 2 saturated carbocycles. The van der Waals surface area contributed by atoms with Crippen molar-refractivity contribution in [3.8, 4) is 0 Å². The van der Waals surface area contributed by atoms with Crippen molar-refractivity contribution in [2.24, 2.45) is 35.5 Å². The number of hydrogen-bond donors (Lipinski definition) is 0. The van der Waals surface area contributed by atoms with E-state index in [0.717, 1.165) is 0 Å². The highest BCUT2D eigenvalue weighted by atomic mass is 16.6. The third-order valence-corrected chi connectivity index (χ3v) is 4.40. The van der Waals surface area contributed by atoms with Crippen molar-refractivity contribution in [3.63, 3.8) is 0 Å². The molecule has 1 heterocycles. The number of cyclic esters (lactones) is 2. The molecule has 0 amide bonds. The molecule has 5 rings (SSSR count). The lowest BCUT2D eigenvalue weighted by Crippen LogP contribution is -2.40. The van der Waals surface area contributed by atoms with Gasteiger partial charge >= 0.3 is 11.9 Å². The van der Waals surface area contributed by atoms with Crippen LogP contribution in [0.4, 0.5) is 0 Å². The monoisotopic (exact) mass is 190 g/mol. The zero-order valence-electron chi connectivity index (χ0n) is 7.55. The van der Waals surface area contributed by atoms with E-state index in [1.165, 1.54) is 6.42 Å². The van der Waals surface area contributed by atoms with Crippen molar-refractivity contribution in [2.45, 2.75) is 6.42 Å². The summed E-state index contributed by atoms with van der Waals surface area (Å²) in [6, 6.07) is 0. The molecule has 0 spiro atoms. The van der Waals surface area contributed by atoms with E-state index < -0.39 is 0 Å². The lowest BCUT2D eigenvalue weighted by Gasteiger charge is -2.36. The molecule has 2 bridgehead atoms. The van der Waals surface area contributed by atoms with E-state index in [4.69, 9.17) is 4.74 Å². The highest BCUT2D eigenvalue weighted by molar-refractivity contribution is 5.97. The molecule has 0 aromatic heterocycles. The number of rotatable bonds is 0. The zero-order valence-corrected chi connectivity index (χ0v) is 7.55. The van der Waals surface area contributed by atoms with Crippen molar-refractivity contribution in [3.05, 3.63) is 12.2 Å². The van der Waals surface area contributed by atoms with Gasteiger partial charge in [-0.1, -0.05) is 12.2 Å². The van der Waals surface area contributed by atoms with Gasteiger partial charge in [-0.2, -0.15) is 0 Å². The minimum atomic E-state index is -0.273. The van der Waals surface area contributed by atoms with Crippen LogP contribution in [0.2, 0.25) is 0 Å². The van der Waals surface area contributed by atoms with E-state index in [9.17, 15) is 9.59 Å². The van der Waals surface area contributed by atoms with Crippen LogP contribution in [0.1, 0.15) is 6.42 Å². The third kappa shape index (κ3) is 0.606. The van der Waals surface area contributed by atoms with Crippen LogP contribution in [-0.2, 0) is 14.3 Å². The maximum Gasteiger partial charge on any atom is 0.318 e. The van der Waals surface area contributed by atoms with E-state index >= 15 is 0 Å². The molecule has 0 N–H and O–H groups in total. The third-order valence-electron chi connectivity index (χ3n) is 4.40. The summed E-state index contributed by atoms with van der Waals surface area (Å²) in [6.07, 6.45) is 5.48. The van der Waals surface area contributed by atoms with Crippen LogP contribution in [-0.4, -0.2) is 11.9 Å². The molecule has 4 aliphatic carbocycles. The Bertz CT molecular complexity index is 350. The van der Waals surface area contributed by atoms with Crippen molar-refractivity contribution >= 4 is 11.9 Å². The van der Waals surface area contributed by atoms with Crippen molar-refractivity contribution < 1.29 is 14.3 Å². The summed E-state index contributed by atoms with van der Waals surface area (Å²) >= 11 is 0. The number of esters is 2. The van der Waals surface area contributed by atoms with E-state index in [0.29, 0.717) is 23.7 Å². The molecule has 1 saturated heterocycles. The van der Waals surface area contributed by atoms with Crippen LogP contribution in [0.15, 0.2) is 12.2 Å². The predicted molar refractivity (Wildman–Crippen MR) is 45.8 cm³/mol. The summed E-state index contributed by atoms with van der Waals surface area (Å²) in [7, 11) is 0. The average molecular weight is 190 g/mol. The Balaban J connectivity index is 1.88. The fourth-order valence-corrected chi connectivity index (χ4v) is 3.76. The van der Waals surface area contributed by atoms with Gasteiger partial charge in [-0.15, -0.1) is 0 Å². The molecular formula is C11H10O3. The Hall–Kier alpha value is -1.12. The second-order valence-electron chi connectivity index (χ2n) is 4.89. The summed E-state index contributed by atoms with van der Waals surface area (Å²) in [5, 5.41) is 0. The van der Waals surface area contributed by atoms with Crippen LogP contribution in [0.25, 0.3) is 0 Å². The van der Waals surface area contributed by atoms with Gasteiger partial charge in [0.1, 0.15) is 0 Å². The minimum Gasteiger partial charge on any atom is -0.393 e. The van der Waals surface area contributed by atoms with Crippen molar-refractivity contribution in [2.75, 3.05) is 0 Å². The van der Waals surface area contributed by atoms with E-state index in [1.807, 2.05) is 0 Å². The predicted octanol–water partition coefficient (Wildman–Crippen LogP) is 0.754. The van der Waals surface area contributed by atoms with Gasteiger partial charge in [0, 0.05) is 0 Å². The van der Waals surface area contributed by atoms with Crippen molar-refractivity contribution in [1.82, 2.24) is 0 Å². The highest BCUT2D eigenvalue weighted by Gasteiger charge is 2.66. The molecule has 0 aromatic rings. The van der Waals surface area contributed by atoms with Crippen LogP contribution in [0, 0.1) is 35.5 Å². The Morgan fingerprint density at radius 1 is 1.00 bits per heavy atom. The van der Waals surface area contributed by atoms with Crippen LogP contribution in [0.3, 0.4) is 0 Å². The quantitative estimate of drug-likeness (QED) is 0.321. The second kappa shape index (κ2) is 1.95. The van der Waals surface area contributed by atoms with Gasteiger partial charge < -0.3 is 4.74 Å². The summed E-state index contributed by atoms with van der Waals surface area (Å²) in [4.78, 5) is 23.0. The van der Waals surface area contributed by atoms with Gasteiger partial charge in [0.15, 0.2) is 0 Å². The molecular weight excluding hydrogens is 180 g/mol. The Morgan fingerprint density at radius 3 is 2.00 bits per heavy atom. The first kappa shape index (κ1) is 7.21. The molecule has 3 nitrogen and oxygen atoms in total. The molecule has 0 radical (unpaired) electrons. The number of ether oxygens (including phenoxy) is 1. The zero-order chi connectivity index (χ0) is 9.45. The van der Waals surface area contributed by atoms with Crippen LogP contribution < -0.4 is 0 Å². The number of allylic oxidation sites excluding steroid dienone is 2. The van der Waals surface area contributed by atoms with Gasteiger partial charge in [-0.05, 0) is 30.1 Å². The standard InChI is InChI=1S/C11H10O3/c12-10-8-4-1-2-5(7-3-6(4)7)9(8)11(13)14-10/h1-2,4-9H,3H2/t4?,5?,6-,7+,8-,9+. The Labute approximate surface area is 81.1 Å². The Morgan fingerprint density at radius 2 is 1.50 bits per heavy atom. The summed E-state index contributed by atoms with van der Waals surface area (Å²) in [5.74, 6) is 1.12. The number of hydrogen-bond acceptors (Lipinski definition) is 3.